The second-order valence-electron chi connectivity index (χ2n) is 4.52. The molecule has 1 amide bonds. The van der Waals surface area contributed by atoms with Gasteiger partial charge >= 0.3 is 5.97 Å². The van der Waals surface area contributed by atoms with Crippen LogP contribution in [0.1, 0.15) is 16.1 Å². The van der Waals surface area contributed by atoms with E-state index >= 15 is 0 Å². The summed E-state index contributed by atoms with van der Waals surface area (Å²) in [4.78, 5) is 24.4. The molecule has 0 aliphatic carbocycles. The number of para-hydroxylation sites is 1. The summed E-state index contributed by atoms with van der Waals surface area (Å²) in [5, 5.41) is 16.0. The standard InChI is InChI=1S/C13H12N4O3/c18-12-7-9-3-1-2-4-11(9)17(12)6-5-16-8-10(13(19)20)14-15-16/h1-4,8H,5-7H2,(H,19,20). The Morgan fingerprint density at radius 2 is 2.10 bits per heavy atom. The molecule has 0 saturated heterocycles. The molecule has 0 fully saturated rings. The predicted octanol–water partition coefficient (Wildman–Crippen LogP) is 0.566. The van der Waals surface area contributed by atoms with Gasteiger partial charge in [0, 0.05) is 12.2 Å². The quantitative estimate of drug-likeness (QED) is 0.878. The fourth-order valence-electron chi connectivity index (χ4n) is 2.27. The first-order valence-corrected chi connectivity index (χ1v) is 6.17. The lowest BCUT2D eigenvalue weighted by atomic mass is 10.2. The lowest BCUT2D eigenvalue weighted by Crippen LogP contribution is -2.30. The van der Waals surface area contributed by atoms with Crippen LogP contribution in [0.25, 0.3) is 0 Å². The molecule has 20 heavy (non-hydrogen) atoms. The number of fused-ring (bicyclic) bond motifs is 1. The molecular weight excluding hydrogens is 260 g/mol. The Morgan fingerprint density at radius 1 is 1.30 bits per heavy atom. The van der Waals surface area contributed by atoms with Gasteiger partial charge in [-0.1, -0.05) is 23.4 Å². The van der Waals surface area contributed by atoms with Crippen LogP contribution in [0.3, 0.4) is 0 Å². The zero-order valence-corrected chi connectivity index (χ0v) is 10.6. The van der Waals surface area contributed by atoms with Crippen LogP contribution in [-0.2, 0) is 17.8 Å². The number of hydrogen-bond acceptors (Lipinski definition) is 4. The van der Waals surface area contributed by atoms with E-state index in [0.29, 0.717) is 19.5 Å². The van der Waals surface area contributed by atoms with Crippen molar-refractivity contribution in [2.45, 2.75) is 13.0 Å². The molecular formula is C13H12N4O3. The highest BCUT2D eigenvalue weighted by Gasteiger charge is 2.26. The molecule has 0 spiro atoms. The molecule has 1 aliphatic rings. The minimum Gasteiger partial charge on any atom is -0.476 e. The van der Waals surface area contributed by atoms with Crippen molar-refractivity contribution in [3.8, 4) is 0 Å². The monoisotopic (exact) mass is 272 g/mol. The molecule has 3 rings (SSSR count). The second kappa shape index (κ2) is 4.76. The van der Waals surface area contributed by atoms with Crippen molar-refractivity contribution in [1.82, 2.24) is 15.0 Å². The number of anilines is 1. The molecule has 2 aromatic rings. The van der Waals surface area contributed by atoms with Crippen molar-refractivity contribution >= 4 is 17.6 Å². The van der Waals surface area contributed by atoms with Crippen molar-refractivity contribution in [3.63, 3.8) is 0 Å². The number of carboxylic acids is 1. The van der Waals surface area contributed by atoms with Crippen molar-refractivity contribution in [3.05, 3.63) is 41.7 Å². The van der Waals surface area contributed by atoms with Crippen LogP contribution in [0.2, 0.25) is 0 Å². The maximum Gasteiger partial charge on any atom is 0.358 e. The van der Waals surface area contributed by atoms with Gasteiger partial charge in [0.2, 0.25) is 5.91 Å². The summed E-state index contributed by atoms with van der Waals surface area (Å²) < 4.78 is 1.43. The van der Waals surface area contributed by atoms with Crippen molar-refractivity contribution in [2.24, 2.45) is 0 Å². The number of benzene rings is 1. The lowest BCUT2D eigenvalue weighted by molar-refractivity contribution is -0.117. The third kappa shape index (κ3) is 2.13. The molecule has 1 aromatic carbocycles. The van der Waals surface area contributed by atoms with E-state index in [1.807, 2.05) is 24.3 Å². The third-order valence-electron chi connectivity index (χ3n) is 3.24. The fraction of sp³-hybridized carbons (Fsp3) is 0.231. The number of carboxylic acid groups (broad SMARTS) is 1. The maximum atomic E-state index is 12.0. The first kappa shape index (κ1) is 12.3. The Morgan fingerprint density at radius 3 is 2.85 bits per heavy atom. The number of nitrogens with zero attached hydrogens (tertiary/aromatic N) is 4. The van der Waals surface area contributed by atoms with Gasteiger partial charge in [0.05, 0.1) is 19.2 Å². The van der Waals surface area contributed by atoms with E-state index in [2.05, 4.69) is 10.3 Å². The van der Waals surface area contributed by atoms with Gasteiger partial charge in [0.15, 0.2) is 5.69 Å². The molecule has 7 nitrogen and oxygen atoms in total. The van der Waals surface area contributed by atoms with Gasteiger partial charge in [-0.05, 0) is 11.6 Å². The highest BCUT2D eigenvalue weighted by atomic mass is 16.4. The SMILES string of the molecule is O=C(O)c1cn(CCN2C(=O)Cc3ccccc32)nn1. The van der Waals surface area contributed by atoms with Crippen LogP contribution in [0.15, 0.2) is 30.5 Å². The van der Waals surface area contributed by atoms with E-state index < -0.39 is 5.97 Å². The number of hydrogen-bond donors (Lipinski definition) is 1. The number of carbonyl (C=O) groups excluding carboxylic acids is 1. The molecule has 0 saturated carbocycles. The van der Waals surface area contributed by atoms with Gasteiger partial charge in [0.25, 0.3) is 0 Å². The highest BCUT2D eigenvalue weighted by Crippen LogP contribution is 2.27. The van der Waals surface area contributed by atoms with Crippen LogP contribution in [-0.4, -0.2) is 38.5 Å². The number of rotatable bonds is 4. The van der Waals surface area contributed by atoms with Gasteiger partial charge in [0.1, 0.15) is 0 Å². The number of carbonyl (C=O) groups is 2. The molecule has 0 unspecified atom stereocenters. The average molecular weight is 272 g/mol. The van der Waals surface area contributed by atoms with E-state index in [0.717, 1.165) is 11.3 Å². The van der Waals surface area contributed by atoms with E-state index in [1.54, 1.807) is 4.90 Å². The smallest absolute Gasteiger partial charge is 0.358 e. The first-order valence-electron chi connectivity index (χ1n) is 6.17. The Labute approximate surface area is 114 Å². The molecule has 0 atom stereocenters. The van der Waals surface area contributed by atoms with E-state index in [-0.39, 0.29) is 11.6 Å². The van der Waals surface area contributed by atoms with Crippen LogP contribution >= 0.6 is 0 Å². The summed E-state index contributed by atoms with van der Waals surface area (Å²) in [5.41, 5.74) is 1.83. The van der Waals surface area contributed by atoms with E-state index in [9.17, 15) is 9.59 Å². The van der Waals surface area contributed by atoms with E-state index in [1.165, 1.54) is 10.9 Å². The molecule has 0 bridgehead atoms. The largest absolute Gasteiger partial charge is 0.476 e. The molecule has 1 N–H and O–H groups in total. The Hall–Kier alpha value is -2.70. The molecule has 0 radical (unpaired) electrons. The number of aromatic carboxylic acids is 1. The molecule has 7 heteroatoms. The Balaban J connectivity index is 1.72. The minimum atomic E-state index is -1.11. The third-order valence-corrected chi connectivity index (χ3v) is 3.24. The fourth-order valence-corrected chi connectivity index (χ4v) is 2.27. The zero-order chi connectivity index (χ0) is 14.1. The maximum absolute atomic E-state index is 12.0. The van der Waals surface area contributed by atoms with E-state index in [4.69, 9.17) is 5.11 Å². The summed E-state index contributed by atoms with van der Waals surface area (Å²) >= 11 is 0. The molecule has 102 valence electrons. The van der Waals surface area contributed by atoms with Gasteiger partial charge in [-0.2, -0.15) is 0 Å². The van der Waals surface area contributed by atoms with Crippen molar-refractivity contribution in [2.75, 3.05) is 11.4 Å². The van der Waals surface area contributed by atoms with Gasteiger partial charge in [-0.15, -0.1) is 5.10 Å². The van der Waals surface area contributed by atoms with Gasteiger partial charge < -0.3 is 10.0 Å². The lowest BCUT2D eigenvalue weighted by Gasteiger charge is -2.16. The zero-order valence-electron chi connectivity index (χ0n) is 10.6. The number of aromatic nitrogens is 3. The van der Waals surface area contributed by atoms with Crippen LogP contribution in [0.5, 0.6) is 0 Å². The van der Waals surface area contributed by atoms with Crippen molar-refractivity contribution in [1.29, 1.82) is 0 Å². The van der Waals surface area contributed by atoms with Crippen LogP contribution in [0, 0.1) is 0 Å². The highest BCUT2D eigenvalue weighted by molar-refractivity contribution is 6.01. The summed E-state index contributed by atoms with van der Waals surface area (Å²) in [7, 11) is 0. The molecule has 1 aromatic heterocycles. The normalized spacial score (nSPS) is 13.6. The number of amides is 1. The topological polar surface area (TPSA) is 88.3 Å². The Bertz CT molecular complexity index is 680. The van der Waals surface area contributed by atoms with Crippen molar-refractivity contribution < 1.29 is 14.7 Å². The summed E-state index contributed by atoms with van der Waals surface area (Å²) in [6, 6.07) is 7.64. The predicted molar refractivity (Wildman–Crippen MR) is 69.5 cm³/mol. The average Bonchev–Trinajstić information content (AvgIpc) is 3.00. The molecule has 1 aliphatic heterocycles. The molecule has 2 heterocycles. The van der Waals surface area contributed by atoms with Gasteiger partial charge in [-0.25, -0.2) is 9.48 Å². The van der Waals surface area contributed by atoms with Gasteiger partial charge in [-0.3, -0.25) is 4.79 Å². The van der Waals surface area contributed by atoms with Crippen LogP contribution in [0.4, 0.5) is 5.69 Å². The summed E-state index contributed by atoms with van der Waals surface area (Å²) in [6.07, 6.45) is 1.77. The second-order valence-corrected chi connectivity index (χ2v) is 4.52. The minimum absolute atomic E-state index is 0.0461. The van der Waals surface area contributed by atoms with Crippen LogP contribution < -0.4 is 4.90 Å². The summed E-state index contributed by atoms with van der Waals surface area (Å²) in [6.45, 7) is 0.846. The first-order chi connectivity index (χ1) is 9.65. The Kier molecular flexibility index (Phi) is 2.94. The summed E-state index contributed by atoms with van der Waals surface area (Å²) in [5.74, 6) is -1.07.